The van der Waals surface area contributed by atoms with Gasteiger partial charge in [0.1, 0.15) is 5.69 Å². The number of aromatic nitrogens is 1. The normalized spacial score (nSPS) is 17.3. The fourth-order valence-electron chi connectivity index (χ4n) is 2.54. The van der Waals surface area contributed by atoms with Crippen LogP contribution in [-0.2, 0) is 0 Å². The maximum Gasteiger partial charge on any atom is 0.270 e. The van der Waals surface area contributed by atoms with E-state index in [1.807, 2.05) is 13.1 Å². The van der Waals surface area contributed by atoms with Crippen LogP contribution in [0.25, 0.3) is 0 Å². The Labute approximate surface area is 115 Å². The summed E-state index contributed by atoms with van der Waals surface area (Å²) in [4.78, 5) is 16.3. The summed E-state index contributed by atoms with van der Waals surface area (Å²) in [6, 6.07) is 3.96. The highest BCUT2D eigenvalue weighted by Crippen LogP contribution is 2.17. The molecule has 0 radical (unpaired) electrons. The fourth-order valence-corrected chi connectivity index (χ4v) is 2.54. The van der Waals surface area contributed by atoms with Gasteiger partial charge in [-0.05, 0) is 25.0 Å². The zero-order valence-electron chi connectivity index (χ0n) is 11.6. The first-order chi connectivity index (χ1) is 9.29. The highest BCUT2D eigenvalue weighted by atomic mass is 16.1. The standard InChI is InChI=1S/C15H23N3O/c1-16-13-9-10-14(17-11-13)15(19)18-12-7-5-3-2-4-6-8-12/h9-12,16H,2-8H2,1H3,(H,18,19). The third-order valence-corrected chi connectivity index (χ3v) is 3.73. The number of rotatable bonds is 3. The van der Waals surface area contributed by atoms with Crippen LogP contribution in [-0.4, -0.2) is 24.0 Å². The second kappa shape index (κ2) is 7.12. The van der Waals surface area contributed by atoms with E-state index in [9.17, 15) is 4.79 Å². The Morgan fingerprint density at radius 3 is 2.42 bits per heavy atom. The lowest BCUT2D eigenvalue weighted by Gasteiger charge is -2.20. The van der Waals surface area contributed by atoms with Gasteiger partial charge in [0.05, 0.1) is 11.9 Å². The average Bonchev–Trinajstić information content (AvgIpc) is 2.41. The van der Waals surface area contributed by atoms with E-state index >= 15 is 0 Å². The zero-order chi connectivity index (χ0) is 13.5. The second-order valence-electron chi connectivity index (χ2n) is 5.20. The van der Waals surface area contributed by atoms with Crippen LogP contribution in [0, 0.1) is 0 Å². The topological polar surface area (TPSA) is 54.0 Å². The molecule has 0 saturated heterocycles. The predicted octanol–water partition coefficient (Wildman–Crippen LogP) is 2.97. The number of hydrogen-bond acceptors (Lipinski definition) is 3. The molecular weight excluding hydrogens is 238 g/mol. The van der Waals surface area contributed by atoms with Crippen molar-refractivity contribution in [1.29, 1.82) is 0 Å². The van der Waals surface area contributed by atoms with Crippen LogP contribution < -0.4 is 10.6 Å². The van der Waals surface area contributed by atoms with Crippen molar-refractivity contribution in [3.05, 3.63) is 24.0 Å². The van der Waals surface area contributed by atoms with Crippen LogP contribution in [0.4, 0.5) is 5.69 Å². The van der Waals surface area contributed by atoms with Gasteiger partial charge in [0.15, 0.2) is 0 Å². The minimum Gasteiger partial charge on any atom is -0.387 e. The van der Waals surface area contributed by atoms with Gasteiger partial charge in [-0.1, -0.05) is 32.1 Å². The molecule has 0 unspecified atom stereocenters. The number of pyridine rings is 1. The minimum atomic E-state index is -0.0479. The van der Waals surface area contributed by atoms with Gasteiger partial charge >= 0.3 is 0 Å². The molecule has 1 aromatic rings. The molecule has 1 heterocycles. The van der Waals surface area contributed by atoms with Gasteiger partial charge in [-0.2, -0.15) is 0 Å². The predicted molar refractivity (Wildman–Crippen MR) is 77.4 cm³/mol. The van der Waals surface area contributed by atoms with Gasteiger partial charge in [-0.25, -0.2) is 4.98 Å². The van der Waals surface area contributed by atoms with Crippen molar-refractivity contribution in [3.63, 3.8) is 0 Å². The van der Waals surface area contributed by atoms with Crippen molar-refractivity contribution in [2.24, 2.45) is 0 Å². The Hall–Kier alpha value is -1.58. The lowest BCUT2D eigenvalue weighted by atomic mass is 9.96. The van der Waals surface area contributed by atoms with Gasteiger partial charge in [-0.3, -0.25) is 4.79 Å². The summed E-state index contributed by atoms with van der Waals surface area (Å²) in [5, 5.41) is 6.11. The average molecular weight is 261 g/mol. The number of hydrogen-bond donors (Lipinski definition) is 2. The molecule has 1 saturated carbocycles. The third-order valence-electron chi connectivity index (χ3n) is 3.73. The minimum absolute atomic E-state index is 0.0479. The van der Waals surface area contributed by atoms with Crippen LogP contribution in [0.5, 0.6) is 0 Å². The number of amides is 1. The van der Waals surface area contributed by atoms with E-state index in [1.54, 1.807) is 12.3 Å². The molecule has 0 aliphatic heterocycles. The Morgan fingerprint density at radius 2 is 1.84 bits per heavy atom. The van der Waals surface area contributed by atoms with Gasteiger partial charge in [-0.15, -0.1) is 0 Å². The fraction of sp³-hybridized carbons (Fsp3) is 0.600. The molecule has 4 nitrogen and oxygen atoms in total. The maximum absolute atomic E-state index is 12.1. The van der Waals surface area contributed by atoms with E-state index < -0.39 is 0 Å². The smallest absolute Gasteiger partial charge is 0.270 e. The lowest BCUT2D eigenvalue weighted by Crippen LogP contribution is -2.35. The van der Waals surface area contributed by atoms with E-state index in [-0.39, 0.29) is 5.91 Å². The molecule has 0 aromatic carbocycles. The molecule has 2 N–H and O–H groups in total. The summed E-state index contributed by atoms with van der Waals surface area (Å²) >= 11 is 0. The molecular formula is C15H23N3O. The van der Waals surface area contributed by atoms with Gasteiger partial charge < -0.3 is 10.6 Å². The second-order valence-corrected chi connectivity index (χ2v) is 5.20. The summed E-state index contributed by atoms with van der Waals surface area (Å²) in [5.74, 6) is -0.0479. The van der Waals surface area contributed by atoms with Gasteiger partial charge in [0, 0.05) is 13.1 Å². The molecule has 0 atom stereocenters. The quantitative estimate of drug-likeness (QED) is 0.879. The Bertz CT molecular complexity index is 394. The first-order valence-electron chi connectivity index (χ1n) is 7.24. The molecule has 4 heteroatoms. The Balaban J connectivity index is 1.91. The van der Waals surface area contributed by atoms with E-state index in [0.717, 1.165) is 18.5 Å². The summed E-state index contributed by atoms with van der Waals surface area (Å²) in [6.07, 6.45) is 10.2. The van der Waals surface area contributed by atoms with Crippen molar-refractivity contribution in [2.45, 2.75) is 51.0 Å². The first-order valence-corrected chi connectivity index (χ1v) is 7.24. The highest BCUT2D eigenvalue weighted by Gasteiger charge is 2.15. The lowest BCUT2D eigenvalue weighted by molar-refractivity contribution is 0.0925. The first kappa shape index (κ1) is 13.8. The maximum atomic E-state index is 12.1. The van der Waals surface area contributed by atoms with Crippen LogP contribution in [0.3, 0.4) is 0 Å². The van der Waals surface area contributed by atoms with Gasteiger partial charge in [0.2, 0.25) is 0 Å². The highest BCUT2D eigenvalue weighted by molar-refractivity contribution is 5.92. The number of carbonyl (C=O) groups is 1. The van der Waals surface area contributed by atoms with Gasteiger partial charge in [0.25, 0.3) is 5.91 Å². The van der Waals surface area contributed by atoms with Crippen LogP contribution in [0.2, 0.25) is 0 Å². The zero-order valence-corrected chi connectivity index (χ0v) is 11.6. The molecule has 1 fully saturated rings. The van der Waals surface area contributed by atoms with Crippen molar-refractivity contribution < 1.29 is 4.79 Å². The third kappa shape index (κ3) is 4.23. The summed E-state index contributed by atoms with van der Waals surface area (Å²) in [7, 11) is 1.84. The van der Waals surface area contributed by atoms with Crippen LogP contribution >= 0.6 is 0 Å². The SMILES string of the molecule is CNc1ccc(C(=O)NC2CCCCCCC2)nc1. The molecule has 1 aliphatic rings. The van der Waals surface area contributed by atoms with E-state index in [1.165, 1.54) is 32.1 Å². The van der Waals surface area contributed by atoms with Crippen molar-refractivity contribution in [1.82, 2.24) is 10.3 Å². The molecule has 0 bridgehead atoms. The molecule has 0 spiro atoms. The summed E-state index contributed by atoms with van der Waals surface area (Å²) in [5.41, 5.74) is 1.42. The molecule has 1 amide bonds. The van der Waals surface area contributed by atoms with Crippen molar-refractivity contribution in [3.8, 4) is 0 Å². The van der Waals surface area contributed by atoms with E-state index in [2.05, 4.69) is 15.6 Å². The number of nitrogens with zero attached hydrogens (tertiary/aromatic N) is 1. The number of nitrogens with one attached hydrogen (secondary N) is 2. The van der Waals surface area contributed by atoms with E-state index in [0.29, 0.717) is 11.7 Å². The Morgan fingerprint density at radius 1 is 1.16 bits per heavy atom. The molecule has 104 valence electrons. The van der Waals surface area contributed by atoms with Crippen molar-refractivity contribution in [2.75, 3.05) is 12.4 Å². The molecule has 2 rings (SSSR count). The number of anilines is 1. The monoisotopic (exact) mass is 261 g/mol. The Kier molecular flexibility index (Phi) is 5.19. The molecule has 1 aromatic heterocycles. The molecule has 1 aliphatic carbocycles. The van der Waals surface area contributed by atoms with E-state index in [4.69, 9.17) is 0 Å². The largest absolute Gasteiger partial charge is 0.387 e. The summed E-state index contributed by atoms with van der Waals surface area (Å²) in [6.45, 7) is 0. The molecule has 19 heavy (non-hydrogen) atoms. The van der Waals surface area contributed by atoms with Crippen molar-refractivity contribution >= 4 is 11.6 Å². The van der Waals surface area contributed by atoms with Crippen LogP contribution in [0.1, 0.15) is 55.4 Å². The summed E-state index contributed by atoms with van der Waals surface area (Å²) < 4.78 is 0. The van der Waals surface area contributed by atoms with Crippen LogP contribution in [0.15, 0.2) is 18.3 Å². The number of carbonyl (C=O) groups excluding carboxylic acids is 1.